The van der Waals surface area contributed by atoms with Gasteiger partial charge in [-0.2, -0.15) is 0 Å². The van der Waals surface area contributed by atoms with E-state index in [-0.39, 0.29) is 25.9 Å². The number of carbonyl (C=O) groups excluding carboxylic acids is 2. The molecule has 7 nitrogen and oxygen atoms in total. The van der Waals surface area contributed by atoms with Crippen molar-refractivity contribution in [3.05, 3.63) is 75.7 Å². The normalized spacial score (nSPS) is 12.9. The summed E-state index contributed by atoms with van der Waals surface area (Å²) < 4.78 is 16.2. The van der Waals surface area contributed by atoms with E-state index in [0.717, 1.165) is 44.5 Å². The average Bonchev–Trinajstić information content (AvgIpc) is 3.38. The number of quaternary nitrogens is 1. The molecule has 2 N–H and O–H groups in total. The number of amides is 1. The van der Waals surface area contributed by atoms with Crippen molar-refractivity contribution < 1.29 is 28.7 Å². The second-order valence-electron chi connectivity index (χ2n) is 8.28. The maximum absolute atomic E-state index is 12.8. The van der Waals surface area contributed by atoms with Crippen LogP contribution < -0.4 is 19.7 Å². The van der Waals surface area contributed by atoms with Crippen molar-refractivity contribution in [2.75, 3.05) is 32.3 Å². The summed E-state index contributed by atoms with van der Waals surface area (Å²) >= 11 is 1.41. The first kappa shape index (κ1) is 23.8. The zero-order valence-corrected chi connectivity index (χ0v) is 20.4. The molecule has 178 valence electrons. The molecular weight excluding hydrogens is 452 g/mol. The van der Waals surface area contributed by atoms with Gasteiger partial charge in [-0.25, -0.2) is 4.79 Å². The Bertz CT molecular complexity index is 1180. The molecule has 0 saturated carbocycles. The van der Waals surface area contributed by atoms with Crippen LogP contribution in [0, 0.1) is 6.92 Å². The van der Waals surface area contributed by atoms with Crippen LogP contribution in [-0.4, -0.2) is 38.9 Å². The molecule has 0 bridgehead atoms. The molecule has 0 aliphatic carbocycles. The third kappa shape index (κ3) is 5.58. The molecule has 0 fully saturated rings. The molecule has 2 aromatic carbocycles. The van der Waals surface area contributed by atoms with Gasteiger partial charge in [0, 0.05) is 16.9 Å². The molecule has 0 saturated heterocycles. The van der Waals surface area contributed by atoms with Gasteiger partial charge in [0.1, 0.15) is 11.5 Å². The van der Waals surface area contributed by atoms with Gasteiger partial charge in [0.15, 0.2) is 18.0 Å². The van der Waals surface area contributed by atoms with Crippen LogP contribution in [0.2, 0.25) is 0 Å². The van der Waals surface area contributed by atoms with Crippen LogP contribution in [0.15, 0.2) is 48.5 Å². The Morgan fingerprint density at radius 1 is 1.09 bits per heavy atom. The number of ether oxygens (including phenoxy) is 3. The third-order valence-electron chi connectivity index (χ3n) is 5.59. The van der Waals surface area contributed by atoms with Crippen LogP contribution in [0.25, 0.3) is 0 Å². The van der Waals surface area contributed by atoms with E-state index in [1.165, 1.54) is 11.3 Å². The summed E-state index contributed by atoms with van der Waals surface area (Å²) in [4.78, 5) is 27.6. The third-order valence-corrected chi connectivity index (χ3v) is 6.80. The number of rotatable bonds is 9. The van der Waals surface area contributed by atoms with Gasteiger partial charge in [0.2, 0.25) is 6.79 Å². The maximum atomic E-state index is 12.8. The van der Waals surface area contributed by atoms with Crippen LogP contribution in [0.4, 0.5) is 5.00 Å². The van der Waals surface area contributed by atoms with Crippen molar-refractivity contribution in [1.82, 2.24) is 0 Å². The van der Waals surface area contributed by atoms with E-state index in [1.807, 2.05) is 62.5 Å². The van der Waals surface area contributed by atoms with Gasteiger partial charge >= 0.3 is 5.97 Å². The van der Waals surface area contributed by atoms with Gasteiger partial charge in [0.25, 0.3) is 5.91 Å². The average molecular weight is 482 g/mol. The summed E-state index contributed by atoms with van der Waals surface area (Å²) in [6.45, 7) is 5.17. The van der Waals surface area contributed by atoms with Crippen molar-refractivity contribution in [3.63, 3.8) is 0 Å². The van der Waals surface area contributed by atoms with Crippen molar-refractivity contribution in [2.24, 2.45) is 0 Å². The fourth-order valence-corrected chi connectivity index (χ4v) is 5.20. The highest BCUT2D eigenvalue weighted by Crippen LogP contribution is 2.37. The summed E-state index contributed by atoms with van der Waals surface area (Å²) in [6, 6.07) is 15.9. The van der Waals surface area contributed by atoms with Crippen molar-refractivity contribution >= 4 is 28.2 Å². The topological polar surface area (TPSA) is 78.3 Å². The Hall–Kier alpha value is -3.36. The molecule has 8 heteroatoms. The monoisotopic (exact) mass is 481 g/mol. The van der Waals surface area contributed by atoms with Gasteiger partial charge < -0.3 is 24.4 Å². The Labute approximate surface area is 203 Å². The molecule has 1 aromatic heterocycles. The zero-order chi connectivity index (χ0) is 24.1. The van der Waals surface area contributed by atoms with Gasteiger partial charge in [0.05, 0.1) is 19.2 Å². The number of fused-ring (bicyclic) bond motifs is 1. The van der Waals surface area contributed by atoms with E-state index in [1.54, 1.807) is 6.92 Å². The SMILES string of the molecule is CCOC(=O)c1c(NC(=O)C[NH+](C)Cc2ccccc2)sc(Cc2ccc3c(c2)OCO3)c1C. The number of likely N-dealkylation sites (N-methyl/N-ethyl adjacent to an activating group) is 1. The molecule has 4 rings (SSSR count). The minimum absolute atomic E-state index is 0.144. The number of hydrogen-bond acceptors (Lipinski definition) is 6. The number of nitrogens with one attached hydrogen (secondary N) is 2. The number of carbonyl (C=O) groups is 2. The summed E-state index contributed by atoms with van der Waals surface area (Å²) in [6.07, 6.45) is 0.606. The molecule has 0 spiro atoms. The smallest absolute Gasteiger partial charge is 0.341 e. The van der Waals surface area contributed by atoms with Crippen LogP contribution in [0.3, 0.4) is 0 Å². The predicted molar refractivity (Wildman–Crippen MR) is 131 cm³/mol. The summed E-state index contributed by atoms with van der Waals surface area (Å²) in [7, 11) is 1.98. The maximum Gasteiger partial charge on any atom is 0.341 e. The highest BCUT2D eigenvalue weighted by Gasteiger charge is 2.25. The largest absolute Gasteiger partial charge is 0.462 e. The molecule has 0 radical (unpaired) electrons. The lowest BCUT2D eigenvalue weighted by atomic mass is 10.1. The van der Waals surface area contributed by atoms with E-state index in [2.05, 4.69) is 5.32 Å². The molecule has 34 heavy (non-hydrogen) atoms. The van der Waals surface area contributed by atoms with E-state index in [4.69, 9.17) is 14.2 Å². The quantitative estimate of drug-likeness (QED) is 0.459. The Balaban J connectivity index is 1.51. The lowest BCUT2D eigenvalue weighted by molar-refractivity contribution is -0.885. The van der Waals surface area contributed by atoms with E-state index in [9.17, 15) is 9.59 Å². The number of anilines is 1. The van der Waals surface area contributed by atoms with Gasteiger partial charge in [-0.15, -0.1) is 11.3 Å². The first-order valence-corrected chi connectivity index (χ1v) is 12.1. The molecule has 3 aromatic rings. The highest BCUT2D eigenvalue weighted by molar-refractivity contribution is 7.17. The van der Waals surface area contributed by atoms with Crippen LogP contribution >= 0.6 is 11.3 Å². The lowest BCUT2D eigenvalue weighted by Gasteiger charge is -2.14. The number of esters is 1. The highest BCUT2D eigenvalue weighted by atomic mass is 32.1. The Morgan fingerprint density at radius 2 is 1.85 bits per heavy atom. The van der Waals surface area contributed by atoms with E-state index < -0.39 is 5.97 Å². The van der Waals surface area contributed by atoms with Crippen LogP contribution in [-0.2, 0) is 22.5 Å². The molecular formula is C26H29N2O5S+. The van der Waals surface area contributed by atoms with Crippen LogP contribution in [0.5, 0.6) is 11.5 Å². The molecule has 1 aliphatic rings. The van der Waals surface area contributed by atoms with Crippen molar-refractivity contribution in [3.8, 4) is 11.5 Å². The van der Waals surface area contributed by atoms with Gasteiger partial charge in [-0.05, 0) is 37.1 Å². The first-order valence-electron chi connectivity index (χ1n) is 11.3. The van der Waals surface area contributed by atoms with Crippen LogP contribution in [0.1, 0.15) is 38.8 Å². The number of thiophene rings is 1. The Morgan fingerprint density at radius 3 is 2.62 bits per heavy atom. The van der Waals surface area contributed by atoms with Gasteiger partial charge in [-0.3, -0.25) is 4.79 Å². The fourth-order valence-electron chi connectivity index (χ4n) is 3.95. The van der Waals surface area contributed by atoms with E-state index in [0.29, 0.717) is 17.0 Å². The minimum Gasteiger partial charge on any atom is -0.462 e. The molecule has 1 aliphatic heterocycles. The zero-order valence-electron chi connectivity index (χ0n) is 19.6. The number of hydrogen-bond donors (Lipinski definition) is 2. The van der Waals surface area contributed by atoms with Crippen molar-refractivity contribution in [2.45, 2.75) is 26.8 Å². The number of benzene rings is 2. The second kappa shape index (κ2) is 10.7. The van der Waals surface area contributed by atoms with Gasteiger partial charge in [-0.1, -0.05) is 36.4 Å². The summed E-state index contributed by atoms with van der Waals surface area (Å²) in [5.41, 5.74) is 3.45. The second-order valence-corrected chi connectivity index (χ2v) is 9.39. The van der Waals surface area contributed by atoms with E-state index >= 15 is 0 Å². The minimum atomic E-state index is -0.423. The molecule has 2 heterocycles. The summed E-state index contributed by atoms with van der Waals surface area (Å²) in [5, 5.41) is 3.50. The molecule has 1 unspecified atom stereocenters. The van der Waals surface area contributed by atoms with Crippen molar-refractivity contribution in [1.29, 1.82) is 0 Å². The first-order chi connectivity index (χ1) is 16.4. The predicted octanol–water partition coefficient (Wildman–Crippen LogP) is 3.21. The molecule has 1 amide bonds. The molecule has 1 atom stereocenters. The Kier molecular flexibility index (Phi) is 7.49. The summed E-state index contributed by atoms with van der Waals surface area (Å²) in [5.74, 6) is 0.882. The fraction of sp³-hybridized carbons (Fsp3) is 0.308. The standard InChI is InChI=1S/C26H28N2O5S/c1-4-31-26(30)24-17(2)22(13-19-10-11-20-21(12-19)33-16-32-20)34-25(24)27-23(29)15-28(3)14-18-8-6-5-7-9-18/h5-12H,4,13-16H2,1-3H3,(H,27,29)/p+1. The lowest BCUT2D eigenvalue weighted by Crippen LogP contribution is -3.08.